The van der Waals surface area contributed by atoms with Gasteiger partial charge in [0.15, 0.2) is 0 Å². The van der Waals surface area contributed by atoms with Gasteiger partial charge in [0.1, 0.15) is 16.2 Å². The molecule has 2 aromatic heterocycles. The number of aryl methyl sites for hydroxylation is 1. The van der Waals surface area contributed by atoms with Crippen LogP contribution in [0.4, 0.5) is 5.82 Å². The molecule has 0 saturated carbocycles. The van der Waals surface area contributed by atoms with Crippen LogP contribution in [0.25, 0.3) is 0 Å². The van der Waals surface area contributed by atoms with Gasteiger partial charge in [0.05, 0.1) is 0 Å². The summed E-state index contributed by atoms with van der Waals surface area (Å²) >= 11 is 3.41. The fourth-order valence-corrected chi connectivity index (χ4v) is 2.20. The average Bonchev–Trinajstić information content (AvgIpc) is 2.36. The van der Waals surface area contributed by atoms with Crippen LogP contribution in [0.1, 0.15) is 18.3 Å². The molecule has 2 rings (SSSR count). The van der Waals surface area contributed by atoms with Crippen LogP contribution in [0.15, 0.2) is 35.2 Å². The summed E-state index contributed by atoms with van der Waals surface area (Å²) in [4.78, 5) is 14.9. The fourth-order valence-electron chi connectivity index (χ4n) is 1.74. The van der Waals surface area contributed by atoms with E-state index in [9.17, 15) is 0 Å². The minimum atomic E-state index is 0.771. The van der Waals surface area contributed by atoms with Crippen LogP contribution >= 0.6 is 15.9 Å². The van der Waals surface area contributed by atoms with Crippen molar-refractivity contribution < 1.29 is 0 Å². The number of hydrogen-bond donors (Lipinski definition) is 0. The minimum Gasteiger partial charge on any atom is -0.352 e. The van der Waals surface area contributed by atoms with Crippen molar-refractivity contribution in [2.45, 2.75) is 20.4 Å². The first-order valence-corrected chi connectivity index (χ1v) is 6.63. The summed E-state index contributed by atoms with van der Waals surface area (Å²) in [5.41, 5.74) is 1.22. The van der Waals surface area contributed by atoms with Crippen molar-refractivity contribution in [2.24, 2.45) is 0 Å². The van der Waals surface area contributed by atoms with Crippen LogP contribution in [0.3, 0.4) is 0 Å². The Kier molecular flexibility index (Phi) is 4.25. The SMILES string of the molecule is CCN(Cc1ccncc1)c1cc(Br)nc(C)n1. The lowest BCUT2D eigenvalue weighted by Crippen LogP contribution is -2.23. The quantitative estimate of drug-likeness (QED) is 0.814. The van der Waals surface area contributed by atoms with Crippen molar-refractivity contribution in [1.29, 1.82) is 0 Å². The van der Waals surface area contributed by atoms with Crippen molar-refractivity contribution in [3.8, 4) is 0 Å². The van der Waals surface area contributed by atoms with Gasteiger partial charge in [0, 0.05) is 31.5 Å². The number of nitrogens with zero attached hydrogens (tertiary/aromatic N) is 4. The molecule has 94 valence electrons. The largest absolute Gasteiger partial charge is 0.352 e. The van der Waals surface area contributed by atoms with E-state index in [2.05, 4.69) is 42.7 Å². The van der Waals surface area contributed by atoms with Gasteiger partial charge in [-0.05, 0) is 47.5 Å². The van der Waals surface area contributed by atoms with Crippen LogP contribution in [-0.2, 0) is 6.54 Å². The molecule has 0 N–H and O–H groups in total. The average molecular weight is 307 g/mol. The molecule has 2 aromatic rings. The molecule has 0 unspecified atom stereocenters. The zero-order valence-electron chi connectivity index (χ0n) is 10.5. The number of halogens is 1. The molecule has 0 saturated heterocycles. The van der Waals surface area contributed by atoms with Gasteiger partial charge in [-0.15, -0.1) is 0 Å². The summed E-state index contributed by atoms with van der Waals surface area (Å²) in [7, 11) is 0. The Bertz CT molecular complexity index is 495. The second-order valence-electron chi connectivity index (χ2n) is 3.97. The molecule has 5 heteroatoms. The summed E-state index contributed by atoms with van der Waals surface area (Å²) in [6.07, 6.45) is 3.62. The fraction of sp³-hybridized carbons (Fsp3) is 0.308. The van der Waals surface area contributed by atoms with Gasteiger partial charge < -0.3 is 4.90 Å². The maximum atomic E-state index is 4.47. The second-order valence-corrected chi connectivity index (χ2v) is 4.78. The number of rotatable bonds is 4. The van der Waals surface area contributed by atoms with E-state index in [1.807, 2.05) is 37.5 Å². The molecule has 0 radical (unpaired) electrons. The molecule has 0 amide bonds. The van der Waals surface area contributed by atoms with E-state index in [-0.39, 0.29) is 0 Å². The van der Waals surface area contributed by atoms with Gasteiger partial charge >= 0.3 is 0 Å². The van der Waals surface area contributed by atoms with Crippen molar-refractivity contribution >= 4 is 21.7 Å². The lowest BCUT2D eigenvalue weighted by atomic mass is 10.2. The second kappa shape index (κ2) is 5.91. The van der Waals surface area contributed by atoms with Crippen LogP contribution in [-0.4, -0.2) is 21.5 Å². The monoisotopic (exact) mass is 306 g/mol. The van der Waals surface area contributed by atoms with E-state index >= 15 is 0 Å². The van der Waals surface area contributed by atoms with E-state index < -0.39 is 0 Å². The van der Waals surface area contributed by atoms with E-state index in [1.165, 1.54) is 5.56 Å². The van der Waals surface area contributed by atoms with Gasteiger partial charge in [0.2, 0.25) is 0 Å². The third kappa shape index (κ3) is 3.26. The molecular formula is C13H15BrN4. The molecule has 0 aliphatic carbocycles. The Balaban J connectivity index is 2.23. The highest BCUT2D eigenvalue weighted by molar-refractivity contribution is 9.10. The Labute approximate surface area is 115 Å². The van der Waals surface area contributed by atoms with Crippen molar-refractivity contribution in [3.05, 3.63) is 46.6 Å². The zero-order valence-corrected chi connectivity index (χ0v) is 12.1. The first kappa shape index (κ1) is 13.0. The number of anilines is 1. The standard InChI is InChI=1S/C13H15BrN4/c1-3-18(9-11-4-6-15-7-5-11)13-8-12(14)16-10(2)17-13/h4-8H,3,9H2,1-2H3. The predicted molar refractivity (Wildman–Crippen MR) is 75.4 cm³/mol. The summed E-state index contributed by atoms with van der Waals surface area (Å²) in [6.45, 7) is 5.73. The van der Waals surface area contributed by atoms with Crippen LogP contribution < -0.4 is 4.90 Å². The van der Waals surface area contributed by atoms with E-state index in [1.54, 1.807) is 0 Å². The van der Waals surface area contributed by atoms with Crippen LogP contribution in [0, 0.1) is 6.92 Å². The van der Waals surface area contributed by atoms with Crippen LogP contribution in [0.2, 0.25) is 0 Å². The highest BCUT2D eigenvalue weighted by Gasteiger charge is 2.08. The number of hydrogen-bond acceptors (Lipinski definition) is 4. The molecule has 18 heavy (non-hydrogen) atoms. The molecule has 0 fully saturated rings. The number of pyridine rings is 1. The minimum absolute atomic E-state index is 0.771. The summed E-state index contributed by atoms with van der Waals surface area (Å²) < 4.78 is 0.818. The van der Waals surface area contributed by atoms with Crippen LogP contribution in [0.5, 0.6) is 0 Å². The normalized spacial score (nSPS) is 10.4. The van der Waals surface area contributed by atoms with Crippen molar-refractivity contribution in [3.63, 3.8) is 0 Å². The van der Waals surface area contributed by atoms with E-state index in [0.29, 0.717) is 0 Å². The Morgan fingerprint density at radius 1 is 1.22 bits per heavy atom. The maximum Gasteiger partial charge on any atom is 0.133 e. The maximum absolute atomic E-state index is 4.47. The Hall–Kier alpha value is -1.49. The van der Waals surface area contributed by atoms with Crippen molar-refractivity contribution in [2.75, 3.05) is 11.4 Å². The summed E-state index contributed by atoms with van der Waals surface area (Å²) in [6, 6.07) is 5.98. The third-order valence-corrected chi connectivity index (χ3v) is 3.03. The molecule has 0 aromatic carbocycles. The van der Waals surface area contributed by atoms with Gasteiger partial charge in [-0.3, -0.25) is 4.98 Å². The lowest BCUT2D eigenvalue weighted by molar-refractivity contribution is 0.801. The van der Waals surface area contributed by atoms with E-state index in [0.717, 1.165) is 29.3 Å². The summed E-state index contributed by atoms with van der Waals surface area (Å²) in [5, 5.41) is 0. The molecule has 0 aliphatic rings. The highest BCUT2D eigenvalue weighted by Crippen LogP contribution is 2.18. The Morgan fingerprint density at radius 2 is 1.94 bits per heavy atom. The number of aromatic nitrogens is 3. The van der Waals surface area contributed by atoms with Gasteiger partial charge in [-0.1, -0.05) is 0 Å². The Morgan fingerprint density at radius 3 is 2.56 bits per heavy atom. The predicted octanol–water partition coefficient (Wildman–Crippen LogP) is 2.97. The molecule has 0 spiro atoms. The highest BCUT2D eigenvalue weighted by atomic mass is 79.9. The topological polar surface area (TPSA) is 41.9 Å². The first-order valence-electron chi connectivity index (χ1n) is 5.84. The van der Waals surface area contributed by atoms with Gasteiger partial charge in [-0.25, -0.2) is 9.97 Å². The molecular weight excluding hydrogens is 292 g/mol. The smallest absolute Gasteiger partial charge is 0.133 e. The first-order chi connectivity index (χ1) is 8.69. The third-order valence-electron chi connectivity index (χ3n) is 2.62. The lowest BCUT2D eigenvalue weighted by Gasteiger charge is -2.22. The van der Waals surface area contributed by atoms with Crippen molar-refractivity contribution in [1.82, 2.24) is 15.0 Å². The molecule has 0 bridgehead atoms. The molecule has 4 nitrogen and oxygen atoms in total. The summed E-state index contributed by atoms with van der Waals surface area (Å²) in [5.74, 6) is 1.71. The zero-order chi connectivity index (χ0) is 13.0. The molecule has 2 heterocycles. The molecule has 0 atom stereocenters. The van der Waals surface area contributed by atoms with Gasteiger partial charge in [-0.2, -0.15) is 0 Å². The molecule has 0 aliphatic heterocycles. The van der Waals surface area contributed by atoms with Gasteiger partial charge in [0.25, 0.3) is 0 Å². The van der Waals surface area contributed by atoms with E-state index in [4.69, 9.17) is 0 Å².